The fraction of sp³-hybridized carbons (Fsp3) is 0.625. The van der Waals surface area contributed by atoms with Crippen molar-refractivity contribution in [2.24, 2.45) is 0 Å². The van der Waals surface area contributed by atoms with E-state index in [0.29, 0.717) is 11.3 Å². The van der Waals surface area contributed by atoms with Gasteiger partial charge in [-0.25, -0.2) is 0 Å². The number of rotatable bonds is 7. The molecule has 0 aromatic heterocycles. The van der Waals surface area contributed by atoms with Gasteiger partial charge in [0.15, 0.2) is 0 Å². The predicted molar refractivity (Wildman–Crippen MR) is 84.0 cm³/mol. The van der Waals surface area contributed by atoms with Crippen molar-refractivity contribution in [2.75, 3.05) is 25.5 Å². The van der Waals surface area contributed by atoms with Gasteiger partial charge in [-0.1, -0.05) is 30.7 Å². The summed E-state index contributed by atoms with van der Waals surface area (Å²) in [4.78, 5) is 0. The van der Waals surface area contributed by atoms with E-state index in [1.165, 1.54) is 23.1 Å². The average molecular weight is 279 g/mol. The second-order valence-corrected chi connectivity index (χ2v) is 6.69. The van der Waals surface area contributed by atoms with Crippen LogP contribution in [0.5, 0.6) is 0 Å². The Labute approximate surface area is 121 Å². The Morgan fingerprint density at radius 1 is 1.37 bits per heavy atom. The molecule has 3 heteroatoms. The van der Waals surface area contributed by atoms with E-state index < -0.39 is 0 Å². The first kappa shape index (κ1) is 14.9. The van der Waals surface area contributed by atoms with Gasteiger partial charge in [-0.05, 0) is 37.9 Å². The number of hydrogen-bond donors (Lipinski definition) is 1. The smallest absolute Gasteiger partial charge is 0.0607 e. The summed E-state index contributed by atoms with van der Waals surface area (Å²) < 4.78 is 5.25. The van der Waals surface area contributed by atoms with Crippen LogP contribution in [-0.2, 0) is 4.74 Å². The van der Waals surface area contributed by atoms with Crippen molar-refractivity contribution < 1.29 is 4.74 Å². The largest absolute Gasteiger partial charge is 0.379 e. The van der Waals surface area contributed by atoms with Gasteiger partial charge >= 0.3 is 0 Å². The van der Waals surface area contributed by atoms with Gasteiger partial charge in [0.2, 0.25) is 0 Å². The summed E-state index contributed by atoms with van der Waals surface area (Å²) in [5.41, 5.74) is 4.20. The van der Waals surface area contributed by atoms with Crippen molar-refractivity contribution in [3.05, 3.63) is 34.9 Å². The lowest BCUT2D eigenvalue weighted by molar-refractivity contribution is 0.0455. The molecule has 1 fully saturated rings. The first-order valence-electron chi connectivity index (χ1n) is 7.20. The first-order chi connectivity index (χ1) is 9.20. The fourth-order valence-corrected chi connectivity index (χ4v) is 3.48. The molecule has 0 saturated carbocycles. The van der Waals surface area contributed by atoms with E-state index in [9.17, 15) is 0 Å². The van der Waals surface area contributed by atoms with Crippen molar-refractivity contribution in [2.45, 2.75) is 38.5 Å². The van der Waals surface area contributed by atoms with E-state index in [2.05, 4.69) is 44.3 Å². The van der Waals surface area contributed by atoms with Crippen LogP contribution in [0, 0.1) is 13.8 Å². The molecule has 1 unspecified atom stereocenters. The van der Waals surface area contributed by atoms with Gasteiger partial charge in [-0.3, -0.25) is 0 Å². The lowest BCUT2D eigenvalue weighted by Crippen LogP contribution is -2.33. The third-order valence-corrected chi connectivity index (χ3v) is 4.82. The molecule has 0 spiro atoms. The Morgan fingerprint density at radius 3 is 2.74 bits per heavy atom. The zero-order valence-electron chi connectivity index (χ0n) is 12.2. The molecule has 2 rings (SSSR count). The molecule has 1 saturated heterocycles. The number of thioether (sulfide) groups is 1. The third kappa shape index (κ3) is 4.23. The van der Waals surface area contributed by atoms with Crippen LogP contribution in [0.25, 0.3) is 0 Å². The fourth-order valence-electron chi connectivity index (χ4n) is 2.34. The van der Waals surface area contributed by atoms with Crippen molar-refractivity contribution in [3.63, 3.8) is 0 Å². The standard InChI is InChI=1S/C16H25NOS/c1-4-7-17-16(11-19-14-9-18-10-14)15-6-5-12(2)8-13(15)3/h5-6,8,14,16-17H,4,7,9-11H2,1-3H3. The monoisotopic (exact) mass is 279 g/mol. The Hall–Kier alpha value is -0.510. The van der Waals surface area contributed by atoms with Crippen molar-refractivity contribution in [1.82, 2.24) is 5.32 Å². The lowest BCUT2D eigenvalue weighted by Gasteiger charge is -2.28. The molecule has 1 aromatic rings. The number of ether oxygens (including phenoxy) is 1. The van der Waals surface area contributed by atoms with Crippen LogP contribution in [-0.4, -0.2) is 30.8 Å². The average Bonchev–Trinajstić information content (AvgIpc) is 2.32. The van der Waals surface area contributed by atoms with Crippen molar-refractivity contribution in [3.8, 4) is 0 Å². The van der Waals surface area contributed by atoms with Gasteiger partial charge in [-0.2, -0.15) is 11.8 Å². The second-order valence-electron chi connectivity index (χ2n) is 5.36. The topological polar surface area (TPSA) is 21.3 Å². The highest BCUT2D eigenvalue weighted by Gasteiger charge is 2.21. The van der Waals surface area contributed by atoms with Gasteiger partial charge < -0.3 is 10.1 Å². The second kappa shape index (κ2) is 7.32. The molecule has 1 atom stereocenters. The highest BCUT2D eigenvalue weighted by Crippen LogP contribution is 2.27. The van der Waals surface area contributed by atoms with E-state index in [-0.39, 0.29) is 0 Å². The molecule has 0 aliphatic carbocycles. The molecule has 1 aromatic carbocycles. The van der Waals surface area contributed by atoms with Crippen LogP contribution in [0.1, 0.15) is 36.1 Å². The van der Waals surface area contributed by atoms with Gasteiger partial charge in [0.05, 0.1) is 18.5 Å². The summed E-state index contributed by atoms with van der Waals surface area (Å²) >= 11 is 2.04. The summed E-state index contributed by atoms with van der Waals surface area (Å²) in [5.74, 6) is 1.14. The Bertz CT molecular complexity index is 404. The van der Waals surface area contributed by atoms with E-state index in [1.54, 1.807) is 0 Å². The van der Waals surface area contributed by atoms with Crippen LogP contribution >= 0.6 is 11.8 Å². The molecule has 1 aliphatic rings. The molecular weight excluding hydrogens is 254 g/mol. The van der Waals surface area contributed by atoms with E-state index in [4.69, 9.17) is 4.74 Å². The molecule has 1 aliphatic heterocycles. The van der Waals surface area contributed by atoms with Gasteiger partial charge in [0.25, 0.3) is 0 Å². The Balaban J connectivity index is 2.01. The molecule has 106 valence electrons. The molecule has 0 amide bonds. The number of aryl methyl sites for hydroxylation is 2. The third-order valence-electron chi connectivity index (χ3n) is 3.55. The van der Waals surface area contributed by atoms with Crippen LogP contribution in [0.3, 0.4) is 0 Å². The summed E-state index contributed by atoms with van der Waals surface area (Å²) in [5, 5.41) is 4.39. The van der Waals surface area contributed by atoms with Gasteiger partial charge in [0.1, 0.15) is 0 Å². The number of hydrogen-bond acceptors (Lipinski definition) is 3. The van der Waals surface area contributed by atoms with Crippen LogP contribution in [0.4, 0.5) is 0 Å². The zero-order chi connectivity index (χ0) is 13.7. The Morgan fingerprint density at radius 2 is 2.16 bits per heavy atom. The molecule has 1 N–H and O–H groups in total. The number of benzene rings is 1. The maximum atomic E-state index is 5.25. The summed E-state index contributed by atoms with van der Waals surface area (Å²) in [7, 11) is 0. The van der Waals surface area contributed by atoms with E-state index in [1.807, 2.05) is 11.8 Å². The predicted octanol–water partition coefficient (Wildman–Crippen LogP) is 3.48. The minimum absolute atomic E-state index is 0.464. The van der Waals surface area contributed by atoms with Crippen molar-refractivity contribution >= 4 is 11.8 Å². The molecule has 1 heterocycles. The quantitative estimate of drug-likeness (QED) is 0.825. The first-order valence-corrected chi connectivity index (χ1v) is 8.25. The molecule has 0 radical (unpaired) electrons. The van der Waals surface area contributed by atoms with Crippen LogP contribution in [0.15, 0.2) is 18.2 Å². The van der Waals surface area contributed by atoms with Crippen LogP contribution < -0.4 is 5.32 Å². The SMILES string of the molecule is CCCNC(CSC1COC1)c1ccc(C)cc1C. The maximum absolute atomic E-state index is 5.25. The summed E-state index contributed by atoms with van der Waals surface area (Å²) in [6.45, 7) is 9.54. The molecular formula is C16H25NOS. The van der Waals surface area contributed by atoms with Gasteiger partial charge in [0, 0.05) is 11.8 Å². The molecule has 0 bridgehead atoms. The van der Waals surface area contributed by atoms with Crippen molar-refractivity contribution in [1.29, 1.82) is 0 Å². The number of nitrogens with one attached hydrogen (secondary N) is 1. The maximum Gasteiger partial charge on any atom is 0.0607 e. The normalized spacial score (nSPS) is 17.2. The highest BCUT2D eigenvalue weighted by atomic mass is 32.2. The lowest BCUT2D eigenvalue weighted by atomic mass is 10.00. The minimum Gasteiger partial charge on any atom is -0.379 e. The highest BCUT2D eigenvalue weighted by molar-refractivity contribution is 8.00. The van der Waals surface area contributed by atoms with Crippen LogP contribution in [0.2, 0.25) is 0 Å². The molecule has 2 nitrogen and oxygen atoms in total. The molecule has 19 heavy (non-hydrogen) atoms. The van der Waals surface area contributed by atoms with E-state index in [0.717, 1.165) is 25.5 Å². The Kier molecular flexibility index (Phi) is 5.74. The van der Waals surface area contributed by atoms with Gasteiger partial charge in [-0.15, -0.1) is 0 Å². The summed E-state index contributed by atoms with van der Waals surface area (Å²) in [6.07, 6.45) is 1.18. The minimum atomic E-state index is 0.464. The summed E-state index contributed by atoms with van der Waals surface area (Å²) in [6, 6.07) is 7.26. The zero-order valence-corrected chi connectivity index (χ0v) is 13.1. The van der Waals surface area contributed by atoms with E-state index >= 15 is 0 Å².